The Balaban J connectivity index is 4.35. The van der Waals surface area contributed by atoms with Crippen molar-refractivity contribution < 1.29 is 18.3 Å². The normalized spacial score (nSPS) is 14.4. The molecule has 0 saturated carbocycles. The highest BCUT2D eigenvalue weighted by atomic mass is 32.2. The van der Waals surface area contributed by atoms with Crippen LogP contribution in [0, 0.1) is 0 Å². The van der Waals surface area contributed by atoms with E-state index in [0.717, 1.165) is 0 Å². The van der Waals surface area contributed by atoms with Crippen molar-refractivity contribution in [3.05, 3.63) is 0 Å². The lowest BCUT2D eigenvalue weighted by atomic mass is 10.4. The number of aliphatic carboxylic acids is 1. The molecule has 0 aliphatic heterocycles. The van der Waals surface area contributed by atoms with Crippen LogP contribution in [0.2, 0.25) is 0 Å². The molecule has 11 heavy (non-hydrogen) atoms. The van der Waals surface area contributed by atoms with E-state index in [1.807, 2.05) is 0 Å². The minimum Gasteiger partial charge on any atom is -0.480 e. The van der Waals surface area contributed by atoms with E-state index in [9.17, 15) is 13.2 Å². The van der Waals surface area contributed by atoms with E-state index in [1.54, 1.807) is 6.92 Å². The second kappa shape index (κ2) is 3.71. The molecule has 0 aromatic carbocycles. The van der Waals surface area contributed by atoms with E-state index < -0.39 is 26.8 Å². The largest absolute Gasteiger partial charge is 0.480 e. The molecule has 1 unspecified atom stereocenters. The van der Waals surface area contributed by atoms with Gasteiger partial charge in [0.25, 0.3) is 0 Å². The van der Waals surface area contributed by atoms with Crippen LogP contribution >= 0.6 is 0 Å². The summed E-state index contributed by atoms with van der Waals surface area (Å²) in [6.07, 6.45) is 0.454. The van der Waals surface area contributed by atoms with Gasteiger partial charge in [0.15, 0.2) is 9.84 Å². The number of rotatable bonds is 4. The maximum atomic E-state index is 11.0. The number of carbonyl (C=O) groups is 1. The van der Waals surface area contributed by atoms with Crippen molar-refractivity contribution in [2.75, 3.05) is 5.75 Å². The van der Waals surface area contributed by atoms with Gasteiger partial charge in [-0.15, -0.1) is 0 Å². The fourth-order valence-corrected chi connectivity index (χ4v) is 1.70. The van der Waals surface area contributed by atoms with Gasteiger partial charge in [0.2, 0.25) is 0 Å². The first-order chi connectivity index (χ1) is 4.90. The van der Waals surface area contributed by atoms with E-state index in [-0.39, 0.29) is 0 Å². The summed E-state index contributed by atoms with van der Waals surface area (Å²) in [6, 6.07) is 0. The van der Waals surface area contributed by atoms with Crippen molar-refractivity contribution >= 4 is 15.8 Å². The Labute approximate surface area is 66.1 Å². The van der Waals surface area contributed by atoms with E-state index in [4.69, 9.17) is 5.11 Å². The number of carboxylic acid groups (broad SMARTS) is 1. The van der Waals surface area contributed by atoms with Gasteiger partial charge in [-0.25, -0.2) is 8.42 Å². The summed E-state index contributed by atoms with van der Waals surface area (Å²) in [5.41, 5.74) is 0. The molecule has 0 aromatic rings. The van der Waals surface area contributed by atoms with Crippen molar-refractivity contribution in [3.63, 3.8) is 0 Å². The molecule has 0 aliphatic carbocycles. The third kappa shape index (κ3) is 3.36. The fraction of sp³-hybridized carbons (Fsp3) is 0.833. The zero-order chi connectivity index (χ0) is 9.07. The first kappa shape index (κ1) is 10.4. The van der Waals surface area contributed by atoms with Crippen molar-refractivity contribution in [1.29, 1.82) is 0 Å². The average molecular weight is 180 g/mol. The minimum atomic E-state index is -3.41. The van der Waals surface area contributed by atoms with Crippen LogP contribution in [0.25, 0.3) is 0 Å². The highest BCUT2D eigenvalue weighted by Gasteiger charge is 2.21. The maximum Gasteiger partial charge on any atom is 0.318 e. The molecule has 0 aliphatic rings. The van der Waals surface area contributed by atoms with Gasteiger partial charge in [0.05, 0.1) is 5.25 Å². The number of hydrogen-bond donors (Lipinski definition) is 1. The quantitative estimate of drug-likeness (QED) is 0.674. The molecule has 5 heteroatoms. The van der Waals surface area contributed by atoms with Gasteiger partial charge in [0.1, 0.15) is 5.75 Å². The van der Waals surface area contributed by atoms with Crippen LogP contribution in [-0.4, -0.2) is 30.5 Å². The lowest BCUT2D eigenvalue weighted by Crippen LogP contribution is -2.24. The molecule has 66 valence electrons. The summed E-state index contributed by atoms with van der Waals surface area (Å²) in [7, 11) is -3.41. The third-order valence-corrected chi connectivity index (χ3v) is 3.72. The van der Waals surface area contributed by atoms with Gasteiger partial charge in [-0.1, -0.05) is 6.92 Å². The van der Waals surface area contributed by atoms with Crippen LogP contribution in [0.4, 0.5) is 0 Å². The van der Waals surface area contributed by atoms with Crippen LogP contribution < -0.4 is 0 Å². The molecule has 0 bridgehead atoms. The Kier molecular flexibility index (Phi) is 3.51. The van der Waals surface area contributed by atoms with Gasteiger partial charge in [-0.3, -0.25) is 4.79 Å². The summed E-state index contributed by atoms with van der Waals surface area (Å²) in [5, 5.41) is 7.66. The zero-order valence-corrected chi connectivity index (χ0v) is 7.39. The second-order valence-corrected chi connectivity index (χ2v) is 4.84. The Morgan fingerprint density at radius 2 is 2.00 bits per heavy atom. The van der Waals surface area contributed by atoms with Gasteiger partial charge in [0, 0.05) is 0 Å². The lowest BCUT2D eigenvalue weighted by Gasteiger charge is -2.06. The first-order valence-corrected chi connectivity index (χ1v) is 5.05. The number of hydrogen-bond acceptors (Lipinski definition) is 3. The molecule has 0 amide bonds. The molecule has 0 saturated heterocycles. The zero-order valence-electron chi connectivity index (χ0n) is 6.57. The van der Waals surface area contributed by atoms with Crippen molar-refractivity contribution in [2.24, 2.45) is 0 Å². The summed E-state index contributed by atoms with van der Waals surface area (Å²) >= 11 is 0. The molecule has 1 N–H and O–H groups in total. The maximum absolute atomic E-state index is 11.0. The Morgan fingerprint density at radius 1 is 1.55 bits per heavy atom. The monoisotopic (exact) mass is 180 g/mol. The molecule has 0 rings (SSSR count). The summed E-state index contributed by atoms with van der Waals surface area (Å²) in [6.45, 7) is 3.22. The molecule has 0 heterocycles. The molecule has 0 aromatic heterocycles. The Morgan fingerprint density at radius 3 is 2.27 bits per heavy atom. The van der Waals surface area contributed by atoms with E-state index >= 15 is 0 Å². The molecular weight excluding hydrogens is 168 g/mol. The number of carboxylic acids is 1. The predicted octanol–water partition coefficient (Wildman–Crippen LogP) is 0.284. The standard InChI is InChI=1S/C6H12O4S/c1-3-5(2)11(9,10)4-6(7)8/h5H,3-4H2,1-2H3,(H,7,8). The van der Waals surface area contributed by atoms with Crippen LogP contribution in [0.1, 0.15) is 20.3 Å². The van der Waals surface area contributed by atoms with Crippen LogP contribution in [-0.2, 0) is 14.6 Å². The van der Waals surface area contributed by atoms with Gasteiger partial charge < -0.3 is 5.11 Å². The summed E-state index contributed by atoms with van der Waals surface area (Å²) in [4.78, 5) is 10.1. The Hall–Kier alpha value is -0.580. The van der Waals surface area contributed by atoms with Crippen LogP contribution in [0.3, 0.4) is 0 Å². The predicted molar refractivity (Wildman–Crippen MR) is 41.2 cm³/mol. The Bertz CT molecular complexity index is 229. The summed E-state index contributed by atoms with van der Waals surface area (Å²) in [5.74, 6) is -2.05. The molecular formula is C6H12O4S. The molecule has 1 atom stereocenters. The van der Waals surface area contributed by atoms with E-state index in [2.05, 4.69) is 0 Å². The van der Waals surface area contributed by atoms with Crippen molar-refractivity contribution in [1.82, 2.24) is 0 Å². The van der Waals surface area contributed by atoms with Gasteiger partial charge >= 0.3 is 5.97 Å². The molecule has 0 spiro atoms. The van der Waals surface area contributed by atoms with Gasteiger partial charge in [-0.2, -0.15) is 0 Å². The molecule has 0 radical (unpaired) electrons. The van der Waals surface area contributed by atoms with E-state index in [0.29, 0.717) is 6.42 Å². The SMILES string of the molecule is CCC(C)S(=O)(=O)CC(=O)O. The summed E-state index contributed by atoms with van der Waals surface area (Å²) < 4.78 is 22.0. The first-order valence-electron chi connectivity index (χ1n) is 3.33. The van der Waals surface area contributed by atoms with Crippen molar-refractivity contribution in [3.8, 4) is 0 Å². The van der Waals surface area contributed by atoms with E-state index in [1.165, 1.54) is 6.92 Å². The third-order valence-electron chi connectivity index (χ3n) is 1.51. The topological polar surface area (TPSA) is 71.4 Å². The van der Waals surface area contributed by atoms with Gasteiger partial charge in [-0.05, 0) is 13.3 Å². The minimum absolute atomic E-state index is 0.454. The van der Waals surface area contributed by atoms with Crippen LogP contribution in [0.15, 0.2) is 0 Å². The molecule has 0 fully saturated rings. The van der Waals surface area contributed by atoms with Crippen LogP contribution in [0.5, 0.6) is 0 Å². The fourth-order valence-electron chi connectivity index (χ4n) is 0.568. The highest BCUT2D eigenvalue weighted by molar-refractivity contribution is 7.92. The smallest absolute Gasteiger partial charge is 0.318 e. The lowest BCUT2D eigenvalue weighted by molar-refractivity contribution is -0.134. The molecule has 4 nitrogen and oxygen atoms in total. The number of sulfone groups is 1. The second-order valence-electron chi connectivity index (χ2n) is 2.42. The highest BCUT2D eigenvalue weighted by Crippen LogP contribution is 2.05. The average Bonchev–Trinajstić information content (AvgIpc) is 1.83. The van der Waals surface area contributed by atoms with Crippen molar-refractivity contribution in [2.45, 2.75) is 25.5 Å².